The zero-order valence-corrected chi connectivity index (χ0v) is 19.0. The fraction of sp³-hybridized carbons (Fsp3) is 0.682. The van der Waals surface area contributed by atoms with E-state index >= 15 is 0 Å². The van der Waals surface area contributed by atoms with Crippen LogP contribution >= 0.6 is 11.6 Å². The lowest BCUT2D eigenvalue weighted by molar-refractivity contribution is -0.126. The summed E-state index contributed by atoms with van der Waals surface area (Å²) in [6, 6.07) is 6.88. The van der Waals surface area contributed by atoms with E-state index in [9.17, 15) is 13.2 Å². The summed E-state index contributed by atoms with van der Waals surface area (Å²) in [5, 5.41) is 3.71. The Morgan fingerprint density at radius 1 is 0.967 bits per heavy atom. The molecule has 3 fully saturated rings. The van der Waals surface area contributed by atoms with Gasteiger partial charge in [-0.2, -0.15) is 4.31 Å². The Morgan fingerprint density at radius 3 is 2.40 bits per heavy atom. The highest BCUT2D eigenvalue weighted by atomic mass is 35.5. The third-order valence-electron chi connectivity index (χ3n) is 7.04. The number of amides is 1. The number of carbonyl (C=O) groups excluding carboxylic acids is 1. The molecular formula is C22H32ClN3O3S. The third-order valence-corrected chi connectivity index (χ3v) is 9.21. The van der Waals surface area contributed by atoms with Crippen LogP contribution < -0.4 is 5.32 Å². The van der Waals surface area contributed by atoms with Crippen LogP contribution in [0.15, 0.2) is 29.2 Å². The Kier molecular flexibility index (Phi) is 7.02. The summed E-state index contributed by atoms with van der Waals surface area (Å²) in [5.74, 6) is 0.535. The number of fused-ring (bicyclic) bond motifs is 1. The molecule has 0 spiro atoms. The Morgan fingerprint density at radius 2 is 1.67 bits per heavy atom. The van der Waals surface area contributed by atoms with Crippen LogP contribution in [0.1, 0.15) is 44.9 Å². The number of rotatable bonds is 5. The molecule has 0 radical (unpaired) electrons. The minimum atomic E-state index is -3.53. The highest BCUT2D eigenvalue weighted by Crippen LogP contribution is 2.31. The first-order valence-electron chi connectivity index (χ1n) is 11.2. The van der Waals surface area contributed by atoms with Crippen molar-refractivity contribution in [3.63, 3.8) is 0 Å². The average molecular weight is 454 g/mol. The maximum atomic E-state index is 12.8. The minimum absolute atomic E-state index is 0.0893. The largest absolute Gasteiger partial charge is 0.356 e. The van der Waals surface area contributed by atoms with E-state index in [0.29, 0.717) is 42.9 Å². The normalized spacial score (nSPS) is 26.8. The van der Waals surface area contributed by atoms with Crippen LogP contribution in [0.4, 0.5) is 0 Å². The van der Waals surface area contributed by atoms with Gasteiger partial charge in [0.25, 0.3) is 0 Å². The van der Waals surface area contributed by atoms with E-state index in [2.05, 4.69) is 10.2 Å². The highest BCUT2D eigenvalue weighted by molar-refractivity contribution is 7.89. The van der Waals surface area contributed by atoms with Gasteiger partial charge in [-0.25, -0.2) is 8.42 Å². The molecule has 30 heavy (non-hydrogen) atoms. The number of nitrogens with one attached hydrogen (secondary N) is 1. The Bertz CT molecular complexity index is 836. The molecule has 0 saturated carbocycles. The molecule has 3 aliphatic rings. The van der Waals surface area contributed by atoms with Crippen molar-refractivity contribution in [3.05, 3.63) is 29.3 Å². The van der Waals surface area contributed by atoms with Crippen molar-refractivity contribution >= 4 is 27.5 Å². The molecule has 0 unspecified atom stereocenters. The fourth-order valence-corrected chi connectivity index (χ4v) is 6.90. The fourth-order valence-electron chi connectivity index (χ4n) is 5.31. The van der Waals surface area contributed by atoms with Gasteiger partial charge in [-0.15, -0.1) is 0 Å². The summed E-state index contributed by atoms with van der Waals surface area (Å²) in [6.07, 6.45) is 7.40. The molecule has 3 aliphatic heterocycles. The second-order valence-electron chi connectivity index (χ2n) is 8.88. The molecule has 3 saturated heterocycles. The number of hydrogen-bond donors (Lipinski definition) is 1. The molecule has 8 heteroatoms. The maximum Gasteiger partial charge on any atom is 0.243 e. The summed E-state index contributed by atoms with van der Waals surface area (Å²) in [6.45, 7) is 3.92. The van der Waals surface area contributed by atoms with Gasteiger partial charge in [0.05, 0.1) is 4.90 Å². The summed E-state index contributed by atoms with van der Waals surface area (Å²) < 4.78 is 27.1. The molecule has 4 rings (SSSR count). The van der Waals surface area contributed by atoms with Gasteiger partial charge in [0.2, 0.25) is 15.9 Å². The van der Waals surface area contributed by atoms with Crippen molar-refractivity contribution in [1.29, 1.82) is 0 Å². The minimum Gasteiger partial charge on any atom is -0.356 e. The van der Waals surface area contributed by atoms with Crippen molar-refractivity contribution in [3.8, 4) is 0 Å². The van der Waals surface area contributed by atoms with E-state index in [-0.39, 0.29) is 16.7 Å². The predicted octanol–water partition coefficient (Wildman–Crippen LogP) is 3.12. The molecule has 1 aromatic rings. The second kappa shape index (κ2) is 9.55. The SMILES string of the molecule is O=C(NC[C@@H]1CCCN2CCCC[C@@H]12)C1CCN(S(=O)(=O)c2ccc(Cl)cc2)CC1. The Hall–Kier alpha value is -1.15. The van der Waals surface area contributed by atoms with E-state index in [1.165, 1.54) is 61.6 Å². The van der Waals surface area contributed by atoms with Gasteiger partial charge in [-0.1, -0.05) is 18.0 Å². The second-order valence-corrected chi connectivity index (χ2v) is 11.3. The maximum absolute atomic E-state index is 12.8. The number of sulfonamides is 1. The predicted molar refractivity (Wildman–Crippen MR) is 118 cm³/mol. The standard InChI is InChI=1S/C22H32ClN3O3S/c23-19-6-8-20(9-7-19)30(28,29)26-14-10-17(11-15-26)22(27)24-16-18-4-3-13-25-12-2-1-5-21(18)25/h6-9,17-18,21H,1-5,10-16H2,(H,24,27)/t18-,21-/m0/s1. The molecule has 0 aromatic heterocycles. The van der Waals surface area contributed by atoms with Gasteiger partial charge in [0.15, 0.2) is 0 Å². The van der Waals surface area contributed by atoms with Crippen molar-refractivity contribution in [2.75, 3.05) is 32.7 Å². The number of nitrogens with zero attached hydrogens (tertiary/aromatic N) is 2. The van der Waals surface area contributed by atoms with E-state index in [4.69, 9.17) is 11.6 Å². The van der Waals surface area contributed by atoms with Crippen LogP contribution in [0.3, 0.4) is 0 Å². The van der Waals surface area contributed by atoms with E-state index in [0.717, 1.165) is 6.54 Å². The molecule has 2 atom stereocenters. The van der Waals surface area contributed by atoms with Gasteiger partial charge in [0.1, 0.15) is 0 Å². The topological polar surface area (TPSA) is 69.7 Å². The third kappa shape index (κ3) is 4.85. The molecular weight excluding hydrogens is 422 g/mol. The number of piperidine rings is 3. The first kappa shape index (κ1) is 22.1. The Labute approximate surface area is 185 Å². The van der Waals surface area contributed by atoms with Crippen LogP contribution in [0, 0.1) is 11.8 Å². The molecule has 0 bridgehead atoms. The van der Waals surface area contributed by atoms with Crippen molar-refractivity contribution in [2.45, 2.75) is 55.9 Å². The lowest BCUT2D eigenvalue weighted by Gasteiger charge is -2.44. The van der Waals surface area contributed by atoms with Crippen LogP contribution in [0.5, 0.6) is 0 Å². The van der Waals surface area contributed by atoms with Crippen LogP contribution in [0.25, 0.3) is 0 Å². The van der Waals surface area contributed by atoms with Crippen LogP contribution in [-0.2, 0) is 14.8 Å². The monoisotopic (exact) mass is 453 g/mol. The summed E-state index contributed by atoms with van der Waals surface area (Å²) in [7, 11) is -3.53. The van der Waals surface area contributed by atoms with Crippen molar-refractivity contribution in [2.24, 2.45) is 11.8 Å². The number of benzene rings is 1. The summed E-state index contributed by atoms with van der Waals surface area (Å²) in [4.78, 5) is 15.6. The zero-order chi connectivity index (χ0) is 21.1. The van der Waals surface area contributed by atoms with E-state index < -0.39 is 10.0 Å². The summed E-state index contributed by atoms with van der Waals surface area (Å²) in [5.41, 5.74) is 0. The number of halogens is 1. The number of hydrogen-bond acceptors (Lipinski definition) is 4. The van der Waals surface area contributed by atoms with Crippen LogP contribution in [0.2, 0.25) is 5.02 Å². The first-order valence-corrected chi connectivity index (χ1v) is 13.0. The molecule has 1 N–H and O–H groups in total. The average Bonchev–Trinajstić information content (AvgIpc) is 2.78. The highest BCUT2D eigenvalue weighted by Gasteiger charge is 2.35. The molecule has 6 nitrogen and oxygen atoms in total. The Balaban J connectivity index is 1.27. The summed E-state index contributed by atoms with van der Waals surface area (Å²) >= 11 is 5.87. The zero-order valence-electron chi connectivity index (χ0n) is 17.4. The molecule has 0 aliphatic carbocycles. The first-order chi connectivity index (χ1) is 14.4. The van der Waals surface area contributed by atoms with Gasteiger partial charge in [0, 0.05) is 36.6 Å². The van der Waals surface area contributed by atoms with Crippen molar-refractivity contribution < 1.29 is 13.2 Å². The molecule has 1 amide bonds. The lowest BCUT2D eigenvalue weighted by Crippen LogP contribution is -2.51. The van der Waals surface area contributed by atoms with E-state index in [1.54, 1.807) is 12.1 Å². The molecule has 166 valence electrons. The number of carbonyl (C=O) groups is 1. The quantitative estimate of drug-likeness (QED) is 0.743. The van der Waals surface area contributed by atoms with Gasteiger partial charge < -0.3 is 10.2 Å². The van der Waals surface area contributed by atoms with Crippen LogP contribution in [-0.4, -0.2) is 62.3 Å². The van der Waals surface area contributed by atoms with E-state index in [1.807, 2.05) is 0 Å². The molecule has 1 aromatic carbocycles. The van der Waals surface area contributed by atoms with Gasteiger partial charge in [-0.3, -0.25) is 4.79 Å². The van der Waals surface area contributed by atoms with Crippen molar-refractivity contribution in [1.82, 2.24) is 14.5 Å². The van der Waals surface area contributed by atoms with Gasteiger partial charge >= 0.3 is 0 Å². The molecule has 3 heterocycles. The smallest absolute Gasteiger partial charge is 0.243 e. The van der Waals surface area contributed by atoms with Gasteiger partial charge in [-0.05, 0) is 81.8 Å². The lowest BCUT2D eigenvalue weighted by atomic mass is 9.83.